The number of carbonyl (C=O) groups excluding carboxylic acids is 1. The molecule has 31 heavy (non-hydrogen) atoms. The second kappa shape index (κ2) is 8.80. The first kappa shape index (κ1) is 20.3. The summed E-state index contributed by atoms with van der Waals surface area (Å²) in [5.74, 6) is -0.251. The summed E-state index contributed by atoms with van der Waals surface area (Å²) >= 11 is 1.33. The molecule has 0 aliphatic carbocycles. The number of ether oxygens (including phenoxy) is 1. The number of hydrogen-bond acceptors (Lipinski definition) is 8. The predicted octanol–water partition coefficient (Wildman–Crippen LogP) is 3.36. The monoisotopic (exact) mass is 434 g/mol. The fraction of sp³-hybridized carbons (Fsp3) is 0.0909. The number of carbonyl (C=O) groups is 1. The van der Waals surface area contributed by atoms with Crippen LogP contribution in [0.15, 0.2) is 69.8 Å². The second-order valence-corrected chi connectivity index (χ2v) is 7.51. The van der Waals surface area contributed by atoms with E-state index in [-0.39, 0.29) is 17.3 Å². The minimum Gasteiger partial charge on any atom is -0.491 e. The molecule has 0 atom stereocenters. The standard InChI is InChI=1S/C22H18N4O4S/c1-30-20-17(18(27)19(20)28)25-14-3-2-4-15(11-14)26-22(29)21-16(7-10-31-21)24-12-13-5-8-23-9-6-13/h2-11,24-25H,12H2,1H3,(H,26,29). The maximum absolute atomic E-state index is 12.8. The lowest BCUT2D eigenvalue weighted by Gasteiger charge is -2.13. The first-order chi connectivity index (χ1) is 15.1. The van der Waals surface area contributed by atoms with E-state index in [4.69, 9.17) is 4.74 Å². The molecule has 9 heteroatoms. The van der Waals surface area contributed by atoms with Crippen LogP contribution >= 0.6 is 11.3 Å². The zero-order valence-electron chi connectivity index (χ0n) is 16.5. The van der Waals surface area contributed by atoms with Crippen LogP contribution in [0.2, 0.25) is 0 Å². The molecule has 0 unspecified atom stereocenters. The fourth-order valence-corrected chi connectivity index (χ4v) is 3.77. The van der Waals surface area contributed by atoms with Gasteiger partial charge in [-0.2, -0.15) is 0 Å². The van der Waals surface area contributed by atoms with E-state index < -0.39 is 10.9 Å². The molecule has 0 saturated carbocycles. The van der Waals surface area contributed by atoms with Gasteiger partial charge in [0, 0.05) is 30.3 Å². The van der Waals surface area contributed by atoms with Gasteiger partial charge in [-0.15, -0.1) is 11.3 Å². The quantitative estimate of drug-likeness (QED) is 0.365. The number of methoxy groups -OCH3 is 1. The molecule has 0 bridgehead atoms. The van der Waals surface area contributed by atoms with Gasteiger partial charge in [0.15, 0.2) is 5.75 Å². The number of thiophene rings is 1. The van der Waals surface area contributed by atoms with Gasteiger partial charge in [0.2, 0.25) is 0 Å². The number of anilines is 4. The molecule has 0 spiro atoms. The molecule has 2 aromatic carbocycles. The topological polar surface area (TPSA) is 109 Å². The summed E-state index contributed by atoms with van der Waals surface area (Å²) in [6, 6.07) is 12.5. The SMILES string of the molecule is COc1c(Nc2cccc(NC(=O)c3sccc3NCc3ccncc3)c2)c(=O)c1=O. The van der Waals surface area contributed by atoms with Gasteiger partial charge in [0.1, 0.15) is 10.6 Å². The lowest BCUT2D eigenvalue weighted by Crippen LogP contribution is -2.34. The van der Waals surface area contributed by atoms with Crippen LogP contribution in [-0.2, 0) is 6.54 Å². The number of aromatic nitrogens is 1. The van der Waals surface area contributed by atoms with Gasteiger partial charge >= 0.3 is 0 Å². The number of amides is 1. The van der Waals surface area contributed by atoms with E-state index in [2.05, 4.69) is 20.9 Å². The molecule has 3 N–H and O–H groups in total. The van der Waals surface area contributed by atoms with Crippen molar-refractivity contribution in [3.05, 3.63) is 91.1 Å². The molecule has 2 aromatic heterocycles. The van der Waals surface area contributed by atoms with Crippen molar-refractivity contribution >= 4 is 40.0 Å². The van der Waals surface area contributed by atoms with Crippen molar-refractivity contribution in [3.8, 4) is 5.75 Å². The Hall–Kier alpha value is -3.98. The molecule has 8 nitrogen and oxygen atoms in total. The fourth-order valence-electron chi connectivity index (χ4n) is 3.01. The van der Waals surface area contributed by atoms with Crippen molar-refractivity contribution in [2.45, 2.75) is 6.54 Å². The van der Waals surface area contributed by atoms with Gasteiger partial charge in [-0.25, -0.2) is 0 Å². The molecule has 0 aliphatic rings. The number of hydrogen-bond donors (Lipinski definition) is 3. The van der Waals surface area contributed by atoms with Crippen molar-refractivity contribution in [1.82, 2.24) is 4.98 Å². The molecular weight excluding hydrogens is 416 g/mol. The minimum atomic E-state index is -0.654. The Morgan fingerprint density at radius 3 is 2.61 bits per heavy atom. The summed E-state index contributed by atoms with van der Waals surface area (Å²) in [5, 5.41) is 10.9. The van der Waals surface area contributed by atoms with E-state index in [9.17, 15) is 14.4 Å². The lowest BCUT2D eigenvalue weighted by molar-refractivity contribution is 0.103. The number of nitrogens with zero attached hydrogens (tertiary/aromatic N) is 1. The van der Waals surface area contributed by atoms with Crippen LogP contribution < -0.4 is 31.5 Å². The van der Waals surface area contributed by atoms with Crippen LogP contribution in [-0.4, -0.2) is 18.0 Å². The Bertz CT molecular complexity index is 1290. The largest absolute Gasteiger partial charge is 0.491 e. The zero-order chi connectivity index (χ0) is 21.8. The summed E-state index contributed by atoms with van der Waals surface area (Å²) in [6.45, 7) is 0.572. The predicted molar refractivity (Wildman–Crippen MR) is 121 cm³/mol. The van der Waals surface area contributed by atoms with Crippen LogP contribution in [0.3, 0.4) is 0 Å². The van der Waals surface area contributed by atoms with Crippen LogP contribution in [0.1, 0.15) is 15.2 Å². The van der Waals surface area contributed by atoms with Crippen LogP contribution in [0.25, 0.3) is 0 Å². The smallest absolute Gasteiger partial charge is 0.272 e. The third-order valence-electron chi connectivity index (χ3n) is 4.56. The third kappa shape index (κ3) is 4.31. The number of benzene rings is 1. The van der Waals surface area contributed by atoms with Crippen molar-refractivity contribution in [2.24, 2.45) is 0 Å². The Morgan fingerprint density at radius 2 is 1.84 bits per heavy atom. The second-order valence-electron chi connectivity index (χ2n) is 6.60. The molecular formula is C22H18N4O4S. The average molecular weight is 434 g/mol. The molecule has 0 radical (unpaired) electrons. The molecule has 156 valence electrons. The van der Waals surface area contributed by atoms with Gasteiger partial charge in [-0.3, -0.25) is 19.4 Å². The van der Waals surface area contributed by atoms with Crippen molar-refractivity contribution in [3.63, 3.8) is 0 Å². The highest BCUT2D eigenvalue weighted by atomic mass is 32.1. The zero-order valence-corrected chi connectivity index (χ0v) is 17.3. The van der Waals surface area contributed by atoms with Gasteiger partial charge in [0.25, 0.3) is 16.8 Å². The van der Waals surface area contributed by atoms with Crippen LogP contribution in [0, 0.1) is 0 Å². The summed E-state index contributed by atoms with van der Waals surface area (Å²) in [5.41, 5.74) is 1.71. The average Bonchev–Trinajstić information content (AvgIpc) is 3.27. The van der Waals surface area contributed by atoms with E-state index in [0.717, 1.165) is 11.3 Å². The van der Waals surface area contributed by atoms with Crippen molar-refractivity contribution in [1.29, 1.82) is 0 Å². The maximum atomic E-state index is 12.8. The van der Waals surface area contributed by atoms with Crippen LogP contribution in [0.4, 0.5) is 22.7 Å². The molecule has 2 heterocycles. The minimum absolute atomic E-state index is 0.00272. The molecule has 0 fully saturated rings. The van der Waals surface area contributed by atoms with Crippen LogP contribution in [0.5, 0.6) is 5.75 Å². The van der Waals surface area contributed by atoms with E-state index >= 15 is 0 Å². The van der Waals surface area contributed by atoms with E-state index in [1.807, 2.05) is 23.6 Å². The Labute approximate surface area is 181 Å². The molecule has 0 saturated heterocycles. The summed E-state index contributed by atoms with van der Waals surface area (Å²) in [6.07, 6.45) is 3.44. The first-order valence-electron chi connectivity index (χ1n) is 9.33. The maximum Gasteiger partial charge on any atom is 0.272 e. The van der Waals surface area contributed by atoms with Gasteiger partial charge in [0.05, 0.1) is 12.8 Å². The Kier molecular flexibility index (Phi) is 5.76. The highest BCUT2D eigenvalue weighted by Gasteiger charge is 2.22. The molecule has 1 amide bonds. The molecule has 0 aliphatic heterocycles. The van der Waals surface area contributed by atoms with Gasteiger partial charge in [-0.1, -0.05) is 6.07 Å². The summed E-state index contributed by atoms with van der Waals surface area (Å²) < 4.78 is 4.93. The lowest BCUT2D eigenvalue weighted by atomic mass is 10.2. The van der Waals surface area contributed by atoms with Crippen molar-refractivity contribution in [2.75, 3.05) is 23.1 Å². The highest BCUT2D eigenvalue weighted by molar-refractivity contribution is 7.12. The van der Waals surface area contributed by atoms with E-state index in [0.29, 0.717) is 22.8 Å². The normalized spacial score (nSPS) is 10.6. The van der Waals surface area contributed by atoms with E-state index in [1.165, 1.54) is 18.4 Å². The number of rotatable bonds is 8. The van der Waals surface area contributed by atoms with E-state index in [1.54, 1.807) is 36.7 Å². The van der Waals surface area contributed by atoms with Crippen molar-refractivity contribution < 1.29 is 9.53 Å². The third-order valence-corrected chi connectivity index (χ3v) is 5.48. The number of nitrogens with one attached hydrogen (secondary N) is 3. The highest BCUT2D eigenvalue weighted by Crippen LogP contribution is 2.27. The molecule has 4 aromatic rings. The van der Waals surface area contributed by atoms with Gasteiger partial charge < -0.3 is 20.7 Å². The Morgan fingerprint density at radius 1 is 1.06 bits per heavy atom. The Balaban J connectivity index is 1.44. The summed E-state index contributed by atoms with van der Waals surface area (Å²) in [4.78, 5) is 40.6. The first-order valence-corrected chi connectivity index (χ1v) is 10.2. The van der Waals surface area contributed by atoms with Gasteiger partial charge in [-0.05, 0) is 47.3 Å². The summed E-state index contributed by atoms with van der Waals surface area (Å²) in [7, 11) is 1.33. The number of pyridine rings is 1. The molecule has 4 rings (SSSR count).